The lowest BCUT2D eigenvalue weighted by Gasteiger charge is -2.42. The number of rotatable bonds is 18. The molecule has 2 bridgehead atoms. The number of likely N-dealkylation sites (N-methyl/N-ethyl adjacent to an activating group) is 2. The van der Waals surface area contributed by atoms with E-state index in [0.29, 0.717) is 23.8 Å². The molecule has 3 aliphatic rings. The molecule has 0 radical (unpaired) electrons. The average molecular weight is 726 g/mol. The van der Waals surface area contributed by atoms with Gasteiger partial charge in [0.25, 0.3) is 5.91 Å². The molecule has 0 spiro atoms. The van der Waals surface area contributed by atoms with Crippen molar-refractivity contribution in [1.29, 1.82) is 0 Å². The van der Waals surface area contributed by atoms with Gasteiger partial charge in [-0.3, -0.25) is 28.9 Å². The second kappa shape index (κ2) is 17.1. The highest BCUT2D eigenvalue weighted by Gasteiger charge is 2.59. The van der Waals surface area contributed by atoms with Gasteiger partial charge in [-0.1, -0.05) is 71.4 Å². The maximum Gasteiger partial charge on any atom is 0.306 e. The molecule has 3 heterocycles. The van der Waals surface area contributed by atoms with Crippen LogP contribution in [0.2, 0.25) is 0 Å². The molecule has 3 N–H and O–H groups in total. The molecule has 1 saturated carbocycles. The number of esters is 1. The maximum atomic E-state index is 14.2. The number of nitrogens with zero attached hydrogens (tertiary/aromatic N) is 3. The number of carboxylic acids is 1. The van der Waals surface area contributed by atoms with Gasteiger partial charge in [-0.2, -0.15) is 0 Å². The van der Waals surface area contributed by atoms with E-state index >= 15 is 0 Å². The lowest BCUT2D eigenvalue weighted by Crippen LogP contribution is -2.62. The van der Waals surface area contributed by atoms with Crippen molar-refractivity contribution in [1.82, 2.24) is 25.4 Å². The Morgan fingerprint density at radius 3 is 2.29 bits per heavy atom. The number of aliphatic carboxylic acids is 1. The van der Waals surface area contributed by atoms with Gasteiger partial charge in [0.2, 0.25) is 11.8 Å². The second-order valence-electron chi connectivity index (χ2n) is 15.0. The first kappa shape index (κ1) is 39.9. The van der Waals surface area contributed by atoms with Gasteiger partial charge in [0.15, 0.2) is 6.10 Å². The molecule has 5 rings (SSSR count). The van der Waals surface area contributed by atoms with E-state index < -0.39 is 47.5 Å². The van der Waals surface area contributed by atoms with Gasteiger partial charge >= 0.3 is 11.9 Å². The number of benzene rings is 1. The van der Waals surface area contributed by atoms with Crippen molar-refractivity contribution in [3.63, 3.8) is 0 Å². The summed E-state index contributed by atoms with van der Waals surface area (Å²) in [5.41, 5.74) is 0.552. The summed E-state index contributed by atoms with van der Waals surface area (Å²) in [5.74, 6) is -2.52. The van der Waals surface area contributed by atoms with Crippen molar-refractivity contribution in [2.45, 2.75) is 110 Å². The Morgan fingerprint density at radius 1 is 1.08 bits per heavy atom. The Morgan fingerprint density at radius 2 is 1.75 bits per heavy atom. The molecule has 6 atom stereocenters. The zero-order chi connectivity index (χ0) is 37.6. The van der Waals surface area contributed by atoms with Crippen molar-refractivity contribution in [2.75, 3.05) is 20.6 Å². The van der Waals surface area contributed by atoms with E-state index in [-0.39, 0.29) is 48.2 Å². The number of carboxylic acid groups (broad SMARTS) is 1. The van der Waals surface area contributed by atoms with Crippen molar-refractivity contribution in [3.8, 4) is 0 Å². The van der Waals surface area contributed by atoms with Gasteiger partial charge in [0.05, 0.1) is 5.92 Å². The fraction of sp³-hybridized carbons (Fsp3) is 0.632. The lowest BCUT2D eigenvalue weighted by atomic mass is 9.72. The van der Waals surface area contributed by atoms with Crippen LogP contribution in [0.3, 0.4) is 0 Å². The zero-order valence-electron chi connectivity index (χ0n) is 31.2. The summed E-state index contributed by atoms with van der Waals surface area (Å²) >= 11 is 1.18. The van der Waals surface area contributed by atoms with Crippen LogP contribution in [0.25, 0.3) is 0 Å². The van der Waals surface area contributed by atoms with Crippen LogP contribution >= 0.6 is 11.3 Å². The van der Waals surface area contributed by atoms with E-state index in [4.69, 9.17) is 4.74 Å². The molecular formula is C38H55N5O7S. The monoisotopic (exact) mass is 725 g/mol. The number of hydrogen-bond acceptors (Lipinski definition) is 9. The van der Waals surface area contributed by atoms with E-state index in [0.717, 1.165) is 24.9 Å². The summed E-state index contributed by atoms with van der Waals surface area (Å²) in [6.45, 7) is 11.8. The van der Waals surface area contributed by atoms with E-state index in [1.165, 1.54) is 18.3 Å². The molecule has 3 amide bonds. The van der Waals surface area contributed by atoms with Crippen LogP contribution in [0, 0.1) is 23.7 Å². The van der Waals surface area contributed by atoms with Gasteiger partial charge in [-0.05, 0) is 56.0 Å². The van der Waals surface area contributed by atoms with Crippen LogP contribution in [0.1, 0.15) is 101 Å². The number of aromatic nitrogens is 1. The molecule has 3 fully saturated rings. The fourth-order valence-electron chi connectivity index (χ4n) is 7.51. The third-order valence-electron chi connectivity index (χ3n) is 10.8. The Hall–Kier alpha value is -3.84. The van der Waals surface area contributed by atoms with Crippen LogP contribution in [-0.2, 0) is 30.3 Å². The first-order valence-electron chi connectivity index (χ1n) is 18.0. The van der Waals surface area contributed by atoms with E-state index in [9.17, 15) is 29.1 Å². The normalized spacial score (nSPS) is 21.8. The van der Waals surface area contributed by atoms with Crippen molar-refractivity contribution < 1.29 is 33.8 Å². The highest BCUT2D eigenvalue weighted by molar-refractivity contribution is 7.09. The minimum absolute atomic E-state index is 0.0463. The third kappa shape index (κ3) is 9.54. The number of thiazole rings is 1. The Labute approximate surface area is 305 Å². The molecule has 13 heteroatoms. The van der Waals surface area contributed by atoms with Crippen LogP contribution in [0.5, 0.6) is 0 Å². The van der Waals surface area contributed by atoms with E-state index in [2.05, 4.69) is 20.5 Å². The summed E-state index contributed by atoms with van der Waals surface area (Å²) in [6.07, 6.45) is 2.40. The minimum Gasteiger partial charge on any atom is -0.481 e. The van der Waals surface area contributed by atoms with E-state index in [1.54, 1.807) is 24.3 Å². The minimum atomic E-state index is -0.943. The van der Waals surface area contributed by atoms with Crippen molar-refractivity contribution in [2.24, 2.45) is 23.7 Å². The van der Waals surface area contributed by atoms with Crippen LogP contribution in [-0.4, -0.2) is 93.9 Å². The van der Waals surface area contributed by atoms with Crippen LogP contribution in [0.4, 0.5) is 0 Å². The lowest BCUT2D eigenvalue weighted by molar-refractivity contribution is -0.149. The van der Waals surface area contributed by atoms with Crippen LogP contribution < -0.4 is 10.6 Å². The molecule has 2 saturated heterocycles. The average Bonchev–Trinajstić information content (AvgIpc) is 3.77. The van der Waals surface area contributed by atoms with Gasteiger partial charge < -0.3 is 25.4 Å². The number of carbonyl (C=O) groups is 5. The number of ether oxygens (including phenoxy) is 1. The molecule has 51 heavy (non-hydrogen) atoms. The SMILES string of the molecule is CCC(C)C(NC(=O)C12CC(CN1C)C2)C(=O)N(C)C(CC(OC(C)=O)c1nc(C(=O)NC(Cc2ccccc2)CC(C)C(=O)O)cs1)C(C)C. The number of fused-ring (bicyclic) bond motifs is 1. The summed E-state index contributed by atoms with van der Waals surface area (Å²) in [5, 5.41) is 17.6. The highest BCUT2D eigenvalue weighted by Crippen LogP contribution is 2.49. The molecule has 1 aliphatic carbocycles. The largest absolute Gasteiger partial charge is 0.481 e. The Balaban J connectivity index is 1.51. The summed E-state index contributed by atoms with van der Waals surface area (Å²) in [6, 6.07) is 7.97. The number of nitrogens with one attached hydrogen (secondary N) is 2. The van der Waals surface area contributed by atoms with Crippen LogP contribution in [0.15, 0.2) is 35.7 Å². The third-order valence-corrected chi connectivity index (χ3v) is 11.8. The quantitative estimate of drug-likeness (QED) is 0.185. The molecule has 2 aromatic rings. The molecular weight excluding hydrogens is 671 g/mol. The predicted octanol–water partition coefficient (Wildman–Crippen LogP) is 4.70. The van der Waals surface area contributed by atoms with E-state index in [1.807, 2.05) is 65.1 Å². The summed E-state index contributed by atoms with van der Waals surface area (Å²) in [4.78, 5) is 73.6. The Bertz CT molecular complexity index is 1540. The fourth-order valence-corrected chi connectivity index (χ4v) is 8.35. The number of carbonyl (C=O) groups excluding carboxylic acids is 4. The maximum absolute atomic E-state index is 14.2. The number of hydrogen-bond donors (Lipinski definition) is 3. The summed E-state index contributed by atoms with van der Waals surface area (Å²) in [7, 11) is 3.70. The standard InChI is InChI=1S/C38H55N5O7S/c1-9-23(4)32(41-37(49)38-18-27(19-38)20-42(38)7)35(46)43(8)30(22(2)3)17-31(50-25(6)44)34-40-29(21-51-34)33(45)39-28(15-24(5)36(47)48)16-26-13-11-10-12-14-26/h10-14,21-24,27-28,30-32H,9,15-20H2,1-8H3,(H,39,45)(H,41,49)(H,47,48). The predicted molar refractivity (Wildman–Crippen MR) is 195 cm³/mol. The summed E-state index contributed by atoms with van der Waals surface area (Å²) < 4.78 is 5.77. The van der Waals surface area contributed by atoms with Gasteiger partial charge in [-0.25, -0.2) is 4.98 Å². The molecule has 12 nitrogen and oxygen atoms in total. The smallest absolute Gasteiger partial charge is 0.306 e. The second-order valence-corrected chi connectivity index (χ2v) is 15.9. The van der Waals surface area contributed by atoms with Gasteiger partial charge in [0, 0.05) is 44.4 Å². The molecule has 280 valence electrons. The molecule has 1 aromatic heterocycles. The number of amides is 3. The van der Waals surface area contributed by atoms with Gasteiger partial charge in [0.1, 0.15) is 22.3 Å². The zero-order valence-corrected chi connectivity index (χ0v) is 32.0. The molecule has 6 unspecified atom stereocenters. The molecule has 1 aromatic carbocycles. The van der Waals surface area contributed by atoms with Gasteiger partial charge in [-0.15, -0.1) is 11.3 Å². The first-order chi connectivity index (χ1) is 24.1. The highest BCUT2D eigenvalue weighted by atomic mass is 32.1. The topological polar surface area (TPSA) is 158 Å². The van der Waals surface area contributed by atoms with Crippen molar-refractivity contribution >= 4 is 41.0 Å². The van der Waals surface area contributed by atoms with Crippen molar-refractivity contribution in [3.05, 3.63) is 52.0 Å². The molecule has 2 aliphatic heterocycles. The first-order valence-corrected chi connectivity index (χ1v) is 18.9. The Kier molecular flexibility index (Phi) is 13.4.